The third-order valence-corrected chi connectivity index (χ3v) is 7.05. The number of rotatable bonds is 6. The topological polar surface area (TPSA) is 109 Å². The van der Waals surface area contributed by atoms with Gasteiger partial charge in [0, 0.05) is 45.1 Å². The molecule has 1 saturated heterocycles. The zero-order valence-electron chi connectivity index (χ0n) is 17.9. The summed E-state index contributed by atoms with van der Waals surface area (Å²) in [6, 6.07) is 7.57. The second-order valence-corrected chi connectivity index (χ2v) is 9.31. The number of aromatic nitrogens is 5. The van der Waals surface area contributed by atoms with Gasteiger partial charge in [0.2, 0.25) is 0 Å². The van der Waals surface area contributed by atoms with E-state index in [4.69, 9.17) is 0 Å². The van der Waals surface area contributed by atoms with Crippen LogP contribution in [0.15, 0.2) is 41.7 Å². The molecule has 1 aliphatic rings. The highest BCUT2D eigenvalue weighted by Gasteiger charge is 2.31. The van der Waals surface area contributed by atoms with Gasteiger partial charge in [0.1, 0.15) is 11.6 Å². The molecule has 11 heteroatoms. The molecule has 0 atom stereocenters. The number of nitrogens with zero attached hydrogens (tertiary/aromatic N) is 7. The van der Waals surface area contributed by atoms with E-state index >= 15 is 0 Å². The molecule has 0 unspecified atom stereocenters. The molecule has 0 saturated carbocycles. The van der Waals surface area contributed by atoms with Crippen LogP contribution < -0.4 is 10.2 Å². The number of hydrogen-bond acceptors (Lipinski definition) is 8. The molecule has 0 aliphatic carbocycles. The van der Waals surface area contributed by atoms with E-state index in [1.807, 2.05) is 54.5 Å². The molecular formula is C20H26N8O2S. The Morgan fingerprint density at radius 3 is 2.32 bits per heavy atom. The third kappa shape index (κ3) is 4.52. The fraction of sp³-hybridized carbons (Fsp3) is 0.400. The van der Waals surface area contributed by atoms with Crippen LogP contribution in [0.2, 0.25) is 0 Å². The first-order valence-electron chi connectivity index (χ1n) is 10.2. The van der Waals surface area contributed by atoms with E-state index < -0.39 is 10.0 Å². The summed E-state index contributed by atoms with van der Waals surface area (Å²) in [5.41, 5.74) is 1.09. The Morgan fingerprint density at radius 2 is 1.74 bits per heavy atom. The van der Waals surface area contributed by atoms with Crippen molar-refractivity contribution in [3.63, 3.8) is 0 Å². The van der Waals surface area contributed by atoms with Crippen molar-refractivity contribution in [2.75, 3.05) is 36.4 Å². The minimum Gasteiger partial charge on any atom is -0.352 e. The van der Waals surface area contributed by atoms with Gasteiger partial charge in [0.05, 0.1) is 0 Å². The van der Waals surface area contributed by atoms with Gasteiger partial charge >= 0.3 is 0 Å². The van der Waals surface area contributed by atoms with E-state index in [1.165, 1.54) is 4.31 Å². The maximum absolute atomic E-state index is 12.9. The summed E-state index contributed by atoms with van der Waals surface area (Å²) in [4.78, 5) is 10.6. The number of hydrogen-bond donors (Lipinski definition) is 1. The van der Waals surface area contributed by atoms with Crippen LogP contribution in [-0.2, 0) is 16.6 Å². The summed E-state index contributed by atoms with van der Waals surface area (Å²) in [5, 5.41) is 11.7. The molecule has 0 amide bonds. The molecular weight excluding hydrogens is 416 g/mol. The molecule has 1 fully saturated rings. The van der Waals surface area contributed by atoms with E-state index in [1.54, 1.807) is 12.4 Å². The molecule has 164 valence electrons. The van der Waals surface area contributed by atoms with E-state index in [0.717, 1.165) is 5.56 Å². The molecule has 4 rings (SSSR count). The maximum atomic E-state index is 12.9. The first-order chi connectivity index (χ1) is 14.9. The van der Waals surface area contributed by atoms with Gasteiger partial charge in [-0.3, -0.25) is 0 Å². The predicted octanol–water partition coefficient (Wildman–Crippen LogP) is 1.96. The highest BCUT2D eigenvalue weighted by molar-refractivity contribution is 7.89. The summed E-state index contributed by atoms with van der Waals surface area (Å²) in [6.07, 6.45) is 3.39. The molecule has 0 radical (unpaired) electrons. The third-order valence-electron chi connectivity index (χ3n) is 5.28. The smallest absolute Gasteiger partial charge is 0.262 e. The highest BCUT2D eigenvalue weighted by atomic mass is 32.2. The molecule has 0 aromatic carbocycles. The van der Waals surface area contributed by atoms with Crippen molar-refractivity contribution in [2.45, 2.75) is 32.3 Å². The van der Waals surface area contributed by atoms with Crippen LogP contribution >= 0.6 is 0 Å². The van der Waals surface area contributed by atoms with Gasteiger partial charge in [-0.25, -0.2) is 18.4 Å². The average Bonchev–Trinajstić information content (AvgIpc) is 3.17. The molecule has 0 bridgehead atoms. The quantitative estimate of drug-likeness (QED) is 0.617. The summed E-state index contributed by atoms with van der Waals surface area (Å²) < 4.78 is 29.2. The SMILES string of the molecule is CCn1cc(S(=O)(=O)N2CCN(c3ccc(Nc4ccc(C)cn4)nn3)CC2)nc1C. The molecule has 3 aromatic rings. The minimum absolute atomic E-state index is 0.111. The Balaban J connectivity index is 1.38. The Kier molecular flexibility index (Phi) is 5.88. The number of nitrogens with one attached hydrogen (secondary N) is 1. The molecule has 31 heavy (non-hydrogen) atoms. The van der Waals surface area contributed by atoms with Gasteiger partial charge in [-0.1, -0.05) is 6.07 Å². The lowest BCUT2D eigenvalue weighted by Gasteiger charge is -2.33. The van der Waals surface area contributed by atoms with Crippen molar-refractivity contribution in [3.8, 4) is 0 Å². The lowest BCUT2D eigenvalue weighted by molar-refractivity contribution is 0.382. The van der Waals surface area contributed by atoms with Crippen LogP contribution in [0.5, 0.6) is 0 Å². The van der Waals surface area contributed by atoms with E-state index in [-0.39, 0.29) is 5.03 Å². The molecule has 3 aromatic heterocycles. The summed E-state index contributed by atoms with van der Waals surface area (Å²) in [7, 11) is -3.60. The monoisotopic (exact) mass is 442 g/mol. The number of sulfonamides is 1. The zero-order chi connectivity index (χ0) is 22.0. The zero-order valence-corrected chi connectivity index (χ0v) is 18.7. The van der Waals surface area contributed by atoms with Crippen LogP contribution in [0.25, 0.3) is 0 Å². The summed E-state index contributed by atoms with van der Waals surface area (Å²) in [6.45, 7) is 8.25. The second-order valence-electron chi connectivity index (χ2n) is 7.43. The maximum Gasteiger partial charge on any atom is 0.262 e. The summed E-state index contributed by atoms with van der Waals surface area (Å²) in [5.74, 6) is 2.71. The van der Waals surface area contributed by atoms with Gasteiger partial charge in [0.15, 0.2) is 16.7 Å². The average molecular weight is 443 g/mol. The fourth-order valence-corrected chi connectivity index (χ4v) is 4.86. The van der Waals surface area contributed by atoms with E-state index in [9.17, 15) is 8.42 Å². The largest absolute Gasteiger partial charge is 0.352 e. The minimum atomic E-state index is -3.60. The van der Waals surface area contributed by atoms with Gasteiger partial charge in [-0.05, 0) is 44.5 Å². The van der Waals surface area contributed by atoms with Crippen molar-refractivity contribution < 1.29 is 8.42 Å². The Morgan fingerprint density at radius 1 is 1.00 bits per heavy atom. The predicted molar refractivity (Wildman–Crippen MR) is 118 cm³/mol. The molecule has 4 heterocycles. The van der Waals surface area contributed by atoms with Crippen LogP contribution in [-0.4, -0.2) is 63.6 Å². The number of pyridine rings is 1. The number of piperazine rings is 1. The van der Waals surface area contributed by atoms with Crippen molar-refractivity contribution in [2.24, 2.45) is 0 Å². The lowest BCUT2D eigenvalue weighted by Crippen LogP contribution is -2.49. The van der Waals surface area contributed by atoms with Crippen molar-refractivity contribution >= 4 is 27.5 Å². The normalized spacial score (nSPS) is 15.3. The van der Waals surface area contributed by atoms with Crippen molar-refractivity contribution in [1.29, 1.82) is 0 Å². The number of anilines is 3. The fourth-order valence-electron chi connectivity index (χ4n) is 3.45. The van der Waals surface area contributed by atoms with E-state index in [2.05, 4.69) is 25.5 Å². The van der Waals surface area contributed by atoms with Crippen LogP contribution in [0.3, 0.4) is 0 Å². The van der Waals surface area contributed by atoms with Gasteiger partial charge in [-0.2, -0.15) is 4.31 Å². The standard InChI is InChI=1S/C20H26N8O2S/c1-4-26-14-20(22-16(26)3)31(29,30)28-11-9-27(10-12-28)19-8-7-18(24-25-19)23-17-6-5-15(2)13-21-17/h5-8,13-14H,4,9-12H2,1-3H3,(H,21,23,24). The number of aryl methyl sites for hydroxylation is 3. The van der Waals surface area contributed by atoms with Crippen molar-refractivity contribution in [3.05, 3.63) is 48.0 Å². The molecule has 1 aliphatic heterocycles. The molecule has 10 nitrogen and oxygen atoms in total. The Labute approximate surface area is 182 Å². The highest BCUT2D eigenvalue weighted by Crippen LogP contribution is 2.21. The Hall–Kier alpha value is -3.05. The van der Waals surface area contributed by atoms with Crippen LogP contribution in [0.4, 0.5) is 17.5 Å². The van der Waals surface area contributed by atoms with Crippen LogP contribution in [0.1, 0.15) is 18.3 Å². The van der Waals surface area contributed by atoms with Crippen LogP contribution in [0, 0.1) is 13.8 Å². The number of imidazole rings is 1. The van der Waals surface area contributed by atoms with Gasteiger partial charge in [-0.15, -0.1) is 10.2 Å². The first-order valence-corrected chi connectivity index (χ1v) is 11.6. The molecule has 1 N–H and O–H groups in total. The summed E-state index contributed by atoms with van der Waals surface area (Å²) >= 11 is 0. The van der Waals surface area contributed by atoms with Gasteiger partial charge < -0.3 is 14.8 Å². The van der Waals surface area contributed by atoms with Gasteiger partial charge in [0.25, 0.3) is 10.0 Å². The Bertz CT molecular complexity index is 1130. The molecule has 0 spiro atoms. The van der Waals surface area contributed by atoms with Crippen molar-refractivity contribution in [1.82, 2.24) is 29.0 Å². The second kappa shape index (κ2) is 8.60. The van der Waals surface area contributed by atoms with E-state index in [0.29, 0.717) is 56.0 Å². The first kappa shape index (κ1) is 21.2. The lowest BCUT2D eigenvalue weighted by atomic mass is 10.3.